The lowest BCUT2D eigenvalue weighted by Crippen LogP contribution is -2.07. The first-order chi connectivity index (χ1) is 7.08. The fourth-order valence-electron chi connectivity index (χ4n) is 1.56. The Hall–Kier alpha value is -1.91. The highest BCUT2D eigenvalue weighted by Crippen LogP contribution is 2.17. The fourth-order valence-corrected chi connectivity index (χ4v) is 1.56. The molecule has 78 valence electrons. The molecule has 1 amide bonds. The lowest BCUT2D eigenvalue weighted by molar-refractivity contribution is -0.114. The summed E-state index contributed by atoms with van der Waals surface area (Å²) in [5, 5.41) is 6.90. The highest BCUT2D eigenvalue weighted by molar-refractivity contribution is 5.89. The number of fused-ring (bicyclic) bond motifs is 1. The van der Waals surface area contributed by atoms with Gasteiger partial charge in [-0.05, 0) is 19.1 Å². The molecule has 15 heavy (non-hydrogen) atoms. The third kappa shape index (κ3) is 1.68. The second-order valence-electron chi connectivity index (χ2n) is 3.45. The summed E-state index contributed by atoms with van der Waals surface area (Å²) in [6, 6.07) is 3.67. The SMILES string of the molecule is CC(=O)Nc1ccc2c(n1)c(C)nn2C. The number of aryl methyl sites for hydroxylation is 2. The van der Waals surface area contributed by atoms with Gasteiger partial charge in [-0.1, -0.05) is 0 Å². The average Bonchev–Trinajstić information content (AvgIpc) is 2.41. The van der Waals surface area contributed by atoms with Gasteiger partial charge < -0.3 is 5.32 Å². The highest BCUT2D eigenvalue weighted by atomic mass is 16.1. The molecule has 0 aromatic carbocycles. The molecule has 2 rings (SSSR count). The molecule has 0 unspecified atom stereocenters. The van der Waals surface area contributed by atoms with Crippen LogP contribution in [0.25, 0.3) is 11.0 Å². The van der Waals surface area contributed by atoms with E-state index < -0.39 is 0 Å². The molecule has 0 fully saturated rings. The molecule has 0 spiro atoms. The van der Waals surface area contributed by atoms with Crippen molar-refractivity contribution in [2.75, 3.05) is 5.32 Å². The van der Waals surface area contributed by atoms with E-state index in [1.807, 2.05) is 20.0 Å². The summed E-state index contributed by atoms with van der Waals surface area (Å²) < 4.78 is 1.77. The van der Waals surface area contributed by atoms with Crippen LogP contribution in [0.1, 0.15) is 12.6 Å². The Morgan fingerprint density at radius 2 is 2.20 bits per heavy atom. The third-order valence-corrected chi connectivity index (χ3v) is 2.17. The number of aromatic nitrogens is 3. The first-order valence-electron chi connectivity index (χ1n) is 4.66. The number of anilines is 1. The summed E-state index contributed by atoms with van der Waals surface area (Å²) in [5.41, 5.74) is 2.64. The molecule has 0 atom stereocenters. The van der Waals surface area contributed by atoms with Crippen LogP contribution in [0.5, 0.6) is 0 Å². The molecule has 5 heteroatoms. The maximum Gasteiger partial charge on any atom is 0.222 e. The molecule has 2 aromatic heterocycles. The summed E-state index contributed by atoms with van der Waals surface area (Å²) in [7, 11) is 1.87. The van der Waals surface area contributed by atoms with Crippen molar-refractivity contribution in [3.8, 4) is 0 Å². The zero-order chi connectivity index (χ0) is 11.0. The van der Waals surface area contributed by atoms with Gasteiger partial charge in [-0.15, -0.1) is 0 Å². The Morgan fingerprint density at radius 3 is 2.87 bits per heavy atom. The summed E-state index contributed by atoms with van der Waals surface area (Å²) in [4.78, 5) is 15.2. The van der Waals surface area contributed by atoms with Crippen molar-refractivity contribution in [2.24, 2.45) is 7.05 Å². The zero-order valence-electron chi connectivity index (χ0n) is 8.90. The Morgan fingerprint density at radius 1 is 1.47 bits per heavy atom. The van der Waals surface area contributed by atoms with Crippen LogP contribution in [0.2, 0.25) is 0 Å². The van der Waals surface area contributed by atoms with Gasteiger partial charge in [0.1, 0.15) is 11.3 Å². The second-order valence-corrected chi connectivity index (χ2v) is 3.45. The van der Waals surface area contributed by atoms with Crippen molar-refractivity contribution in [2.45, 2.75) is 13.8 Å². The maximum absolute atomic E-state index is 10.9. The monoisotopic (exact) mass is 204 g/mol. The Labute approximate surface area is 87.1 Å². The van der Waals surface area contributed by atoms with E-state index in [0.29, 0.717) is 5.82 Å². The first kappa shape index (κ1) is 9.64. The number of hydrogen-bond donors (Lipinski definition) is 1. The van der Waals surface area contributed by atoms with Gasteiger partial charge in [0, 0.05) is 14.0 Å². The van der Waals surface area contributed by atoms with Crippen LogP contribution in [0.15, 0.2) is 12.1 Å². The van der Waals surface area contributed by atoms with Crippen molar-refractivity contribution in [3.63, 3.8) is 0 Å². The minimum atomic E-state index is -0.122. The van der Waals surface area contributed by atoms with Gasteiger partial charge in [-0.2, -0.15) is 5.10 Å². The molecule has 1 N–H and O–H groups in total. The van der Waals surface area contributed by atoms with Gasteiger partial charge in [0.25, 0.3) is 0 Å². The zero-order valence-corrected chi connectivity index (χ0v) is 8.90. The quantitative estimate of drug-likeness (QED) is 0.760. The molecule has 0 aliphatic carbocycles. The van der Waals surface area contributed by atoms with E-state index >= 15 is 0 Å². The molecule has 0 radical (unpaired) electrons. The Bertz CT molecular complexity index is 529. The van der Waals surface area contributed by atoms with Crippen molar-refractivity contribution < 1.29 is 4.79 Å². The van der Waals surface area contributed by atoms with Crippen LogP contribution in [0, 0.1) is 6.92 Å². The topological polar surface area (TPSA) is 59.8 Å². The number of amides is 1. The molecule has 5 nitrogen and oxygen atoms in total. The van der Waals surface area contributed by atoms with E-state index in [4.69, 9.17) is 0 Å². The van der Waals surface area contributed by atoms with E-state index in [0.717, 1.165) is 16.7 Å². The number of pyridine rings is 1. The molecule has 0 saturated heterocycles. The average molecular weight is 204 g/mol. The van der Waals surface area contributed by atoms with E-state index in [-0.39, 0.29) is 5.91 Å². The van der Waals surface area contributed by atoms with Gasteiger partial charge in [-0.3, -0.25) is 9.48 Å². The van der Waals surface area contributed by atoms with E-state index in [9.17, 15) is 4.79 Å². The number of hydrogen-bond acceptors (Lipinski definition) is 3. The van der Waals surface area contributed by atoms with Crippen LogP contribution in [0.4, 0.5) is 5.82 Å². The highest BCUT2D eigenvalue weighted by Gasteiger charge is 2.07. The molecular formula is C10H12N4O. The first-order valence-corrected chi connectivity index (χ1v) is 4.66. The fraction of sp³-hybridized carbons (Fsp3) is 0.300. The van der Waals surface area contributed by atoms with Gasteiger partial charge in [-0.25, -0.2) is 4.98 Å². The van der Waals surface area contributed by atoms with Crippen LogP contribution < -0.4 is 5.32 Å². The number of nitrogens with zero attached hydrogens (tertiary/aromatic N) is 3. The summed E-state index contributed by atoms with van der Waals surface area (Å²) in [6.07, 6.45) is 0. The Balaban J connectivity index is 2.55. The van der Waals surface area contributed by atoms with Gasteiger partial charge >= 0.3 is 0 Å². The molecule has 0 saturated carbocycles. The molecule has 0 aliphatic rings. The van der Waals surface area contributed by atoms with Crippen molar-refractivity contribution >= 4 is 22.8 Å². The molecule has 0 bridgehead atoms. The van der Waals surface area contributed by atoms with Crippen molar-refractivity contribution in [3.05, 3.63) is 17.8 Å². The van der Waals surface area contributed by atoms with Gasteiger partial charge in [0.05, 0.1) is 11.2 Å². The number of nitrogens with one attached hydrogen (secondary N) is 1. The Kier molecular flexibility index (Phi) is 2.15. The number of rotatable bonds is 1. The summed E-state index contributed by atoms with van der Waals surface area (Å²) in [6.45, 7) is 3.36. The standard InChI is InChI=1S/C10H12N4O/c1-6-10-8(14(3)13-6)4-5-9(12-10)11-7(2)15/h4-5H,1-3H3,(H,11,12,15). The van der Waals surface area contributed by atoms with Crippen molar-refractivity contribution in [1.82, 2.24) is 14.8 Å². The van der Waals surface area contributed by atoms with Gasteiger partial charge in [0.15, 0.2) is 0 Å². The second kappa shape index (κ2) is 3.34. The normalized spacial score (nSPS) is 10.6. The number of carbonyl (C=O) groups excluding carboxylic acids is 1. The lowest BCUT2D eigenvalue weighted by Gasteiger charge is -2.00. The molecule has 2 heterocycles. The van der Waals surface area contributed by atoms with Crippen LogP contribution in [-0.2, 0) is 11.8 Å². The van der Waals surface area contributed by atoms with Crippen molar-refractivity contribution in [1.29, 1.82) is 0 Å². The number of carbonyl (C=O) groups is 1. The predicted molar refractivity (Wildman–Crippen MR) is 57.5 cm³/mol. The summed E-state index contributed by atoms with van der Waals surface area (Å²) >= 11 is 0. The lowest BCUT2D eigenvalue weighted by atomic mass is 10.3. The minimum absolute atomic E-state index is 0.122. The largest absolute Gasteiger partial charge is 0.311 e. The maximum atomic E-state index is 10.9. The van der Waals surface area contributed by atoms with E-state index in [1.54, 1.807) is 10.7 Å². The minimum Gasteiger partial charge on any atom is -0.311 e. The van der Waals surface area contributed by atoms with Gasteiger partial charge in [0.2, 0.25) is 5.91 Å². The smallest absolute Gasteiger partial charge is 0.222 e. The van der Waals surface area contributed by atoms with E-state index in [2.05, 4.69) is 15.4 Å². The van der Waals surface area contributed by atoms with Crippen LogP contribution in [0.3, 0.4) is 0 Å². The summed E-state index contributed by atoms with van der Waals surface area (Å²) in [5.74, 6) is 0.439. The predicted octanol–water partition coefficient (Wildman–Crippen LogP) is 1.24. The van der Waals surface area contributed by atoms with Crippen LogP contribution in [-0.4, -0.2) is 20.7 Å². The van der Waals surface area contributed by atoms with E-state index in [1.165, 1.54) is 6.92 Å². The third-order valence-electron chi connectivity index (χ3n) is 2.17. The molecular weight excluding hydrogens is 192 g/mol. The molecule has 2 aromatic rings. The molecule has 0 aliphatic heterocycles. The van der Waals surface area contributed by atoms with Crippen LogP contribution >= 0.6 is 0 Å².